The van der Waals surface area contributed by atoms with E-state index in [4.69, 9.17) is 4.74 Å². The number of rotatable bonds is 9. The van der Waals surface area contributed by atoms with Crippen LogP contribution in [0.25, 0.3) is 0 Å². The van der Waals surface area contributed by atoms with Gasteiger partial charge in [0.2, 0.25) is 0 Å². The minimum atomic E-state index is 0.401. The minimum Gasteiger partial charge on any atom is -0.376 e. The van der Waals surface area contributed by atoms with Gasteiger partial charge in [-0.1, -0.05) is 37.3 Å². The molecular weight excluding hydrogens is 332 g/mol. The predicted molar refractivity (Wildman–Crippen MR) is 105 cm³/mol. The first-order chi connectivity index (χ1) is 12.2. The first kappa shape index (κ1) is 19.4. The van der Waals surface area contributed by atoms with Crippen molar-refractivity contribution in [2.45, 2.75) is 33.9 Å². The van der Waals surface area contributed by atoms with Crippen molar-refractivity contribution in [1.29, 1.82) is 0 Å². The van der Waals surface area contributed by atoms with E-state index < -0.39 is 0 Å². The van der Waals surface area contributed by atoms with E-state index in [2.05, 4.69) is 46.6 Å². The largest absolute Gasteiger partial charge is 0.376 e. The molecule has 1 unspecified atom stereocenters. The van der Waals surface area contributed by atoms with Crippen LogP contribution in [0.1, 0.15) is 29.3 Å². The Hall–Kier alpha value is -1.92. The van der Waals surface area contributed by atoms with Gasteiger partial charge in [-0.3, -0.25) is 0 Å². The molecule has 0 amide bonds. The standard InChI is InChI=1S/C19H28N4OS/c1-4-20-19(23-12-18-11-21-16(3)25-18)22-10-15(2)13-24-14-17-8-6-5-7-9-17/h5-9,11,15H,4,10,12-14H2,1-3H3,(H2,20,22,23). The molecule has 136 valence electrons. The topological polar surface area (TPSA) is 58.5 Å². The molecule has 0 aliphatic carbocycles. The average Bonchev–Trinajstić information content (AvgIpc) is 3.04. The maximum absolute atomic E-state index is 5.80. The van der Waals surface area contributed by atoms with Crippen LogP contribution in [0, 0.1) is 12.8 Å². The summed E-state index contributed by atoms with van der Waals surface area (Å²) in [5.41, 5.74) is 1.21. The van der Waals surface area contributed by atoms with E-state index in [9.17, 15) is 0 Å². The molecule has 25 heavy (non-hydrogen) atoms. The van der Waals surface area contributed by atoms with E-state index in [-0.39, 0.29) is 0 Å². The molecule has 1 aromatic heterocycles. The van der Waals surface area contributed by atoms with Crippen LogP contribution in [-0.2, 0) is 17.9 Å². The summed E-state index contributed by atoms with van der Waals surface area (Å²) in [7, 11) is 0. The van der Waals surface area contributed by atoms with Gasteiger partial charge in [0.25, 0.3) is 0 Å². The quantitative estimate of drug-likeness (QED) is 0.532. The zero-order chi connectivity index (χ0) is 17.9. The van der Waals surface area contributed by atoms with Crippen molar-refractivity contribution in [3.63, 3.8) is 0 Å². The molecule has 0 saturated carbocycles. The molecule has 0 aliphatic heterocycles. The highest BCUT2D eigenvalue weighted by Gasteiger charge is 2.05. The molecule has 1 atom stereocenters. The number of hydrogen-bond acceptors (Lipinski definition) is 4. The van der Waals surface area contributed by atoms with E-state index in [0.717, 1.165) is 30.7 Å². The maximum atomic E-state index is 5.80. The molecule has 0 radical (unpaired) electrons. The van der Waals surface area contributed by atoms with Crippen LogP contribution in [0.15, 0.2) is 41.5 Å². The number of aryl methyl sites for hydroxylation is 1. The Morgan fingerprint density at radius 2 is 2.08 bits per heavy atom. The summed E-state index contributed by atoms with van der Waals surface area (Å²) in [5.74, 6) is 1.24. The van der Waals surface area contributed by atoms with Gasteiger partial charge in [-0.15, -0.1) is 11.3 Å². The number of nitrogens with zero attached hydrogens (tertiary/aromatic N) is 2. The SMILES string of the molecule is CCNC(=NCc1cnc(C)s1)NCC(C)COCc1ccccc1. The lowest BCUT2D eigenvalue weighted by atomic mass is 10.2. The third-order valence-corrected chi connectivity index (χ3v) is 4.44. The van der Waals surface area contributed by atoms with Gasteiger partial charge in [0.05, 0.1) is 24.8 Å². The number of thiazole rings is 1. The van der Waals surface area contributed by atoms with Crippen molar-refractivity contribution in [3.8, 4) is 0 Å². The summed E-state index contributed by atoms with van der Waals surface area (Å²) in [4.78, 5) is 10.1. The van der Waals surface area contributed by atoms with Gasteiger partial charge in [0.15, 0.2) is 5.96 Å². The van der Waals surface area contributed by atoms with Gasteiger partial charge < -0.3 is 15.4 Å². The lowest BCUT2D eigenvalue weighted by Gasteiger charge is -2.16. The number of benzene rings is 1. The number of aromatic nitrogens is 1. The fourth-order valence-corrected chi connectivity index (χ4v) is 2.98. The highest BCUT2D eigenvalue weighted by molar-refractivity contribution is 7.11. The zero-order valence-corrected chi connectivity index (χ0v) is 16.1. The second-order valence-electron chi connectivity index (χ2n) is 6.03. The smallest absolute Gasteiger partial charge is 0.191 e. The van der Waals surface area contributed by atoms with Gasteiger partial charge in [0.1, 0.15) is 0 Å². The van der Waals surface area contributed by atoms with Crippen molar-refractivity contribution >= 4 is 17.3 Å². The van der Waals surface area contributed by atoms with Crippen molar-refractivity contribution in [2.75, 3.05) is 19.7 Å². The number of ether oxygens (including phenoxy) is 1. The van der Waals surface area contributed by atoms with Crippen LogP contribution >= 0.6 is 11.3 Å². The predicted octanol–water partition coefficient (Wildman–Crippen LogP) is 3.36. The molecule has 6 heteroatoms. The van der Waals surface area contributed by atoms with Crippen LogP contribution in [-0.4, -0.2) is 30.6 Å². The highest BCUT2D eigenvalue weighted by atomic mass is 32.1. The Morgan fingerprint density at radius 3 is 2.76 bits per heavy atom. The van der Waals surface area contributed by atoms with Gasteiger partial charge in [-0.05, 0) is 25.3 Å². The Morgan fingerprint density at radius 1 is 1.28 bits per heavy atom. The number of nitrogens with one attached hydrogen (secondary N) is 2. The highest BCUT2D eigenvalue weighted by Crippen LogP contribution is 2.12. The van der Waals surface area contributed by atoms with E-state index in [0.29, 0.717) is 19.1 Å². The summed E-state index contributed by atoms with van der Waals surface area (Å²) < 4.78 is 5.80. The van der Waals surface area contributed by atoms with Crippen molar-refractivity contribution in [3.05, 3.63) is 52.0 Å². The van der Waals surface area contributed by atoms with E-state index in [1.54, 1.807) is 11.3 Å². The number of aliphatic imine (C=N–C) groups is 1. The van der Waals surface area contributed by atoms with Gasteiger partial charge in [-0.25, -0.2) is 9.98 Å². The van der Waals surface area contributed by atoms with Gasteiger partial charge >= 0.3 is 0 Å². The first-order valence-corrected chi connectivity index (χ1v) is 9.54. The monoisotopic (exact) mass is 360 g/mol. The fourth-order valence-electron chi connectivity index (χ4n) is 2.26. The third-order valence-electron chi connectivity index (χ3n) is 3.54. The molecule has 5 nitrogen and oxygen atoms in total. The molecule has 0 bridgehead atoms. The summed E-state index contributed by atoms with van der Waals surface area (Å²) in [5, 5.41) is 7.74. The van der Waals surface area contributed by atoms with Crippen molar-refractivity contribution in [2.24, 2.45) is 10.9 Å². The Labute approximate surface area is 154 Å². The minimum absolute atomic E-state index is 0.401. The van der Waals surface area contributed by atoms with Crippen molar-refractivity contribution in [1.82, 2.24) is 15.6 Å². The zero-order valence-electron chi connectivity index (χ0n) is 15.3. The Kier molecular flexibility index (Phi) is 8.42. The van der Waals surface area contributed by atoms with Crippen LogP contribution in [0.2, 0.25) is 0 Å². The average molecular weight is 361 g/mol. The summed E-state index contributed by atoms with van der Waals surface area (Å²) >= 11 is 1.69. The Balaban J connectivity index is 1.71. The second-order valence-corrected chi connectivity index (χ2v) is 7.35. The van der Waals surface area contributed by atoms with E-state index in [1.807, 2.05) is 31.3 Å². The molecule has 0 aliphatic rings. The lowest BCUT2D eigenvalue weighted by molar-refractivity contribution is 0.0931. The number of guanidine groups is 1. The van der Waals surface area contributed by atoms with Crippen LogP contribution in [0.5, 0.6) is 0 Å². The fraction of sp³-hybridized carbons (Fsp3) is 0.474. The molecule has 0 saturated heterocycles. The summed E-state index contributed by atoms with van der Waals surface area (Å²) in [6.07, 6.45) is 1.90. The Bertz CT molecular complexity index is 642. The molecular formula is C19H28N4OS. The van der Waals surface area contributed by atoms with Crippen LogP contribution in [0.4, 0.5) is 0 Å². The molecule has 0 spiro atoms. The molecule has 2 aromatic rings. The van der Waals surface area contributed by atoms with Crippen LogP contribution < -0.4 is 10.6 Å². The second kappa shape index (κ2) is 10.8. The molecule has 2 rings (SSSR count). The maximum Gasteiger partial charge on any atom is 0.191 e. The number of hydrogen-bond donors (Lipinski definition) is 2. The van der Waals surface area contributed by atoms with E-state index >= 15 is 0 Å². The molecule has 0 fully saturated rings. The summed E-state index contributed by atoms with van der Waals surface area (Å²) in [6, 6.07) is 10.3. The third kappa shape index (κ3) is 7.67. The van der Waals surface area contributed by atoms with Gasteiger partial charge in [-0.2, -0.15) is 0 Å². The van der Waals surface area contributed by atoms with E-state index in [1.165, 1.54) is 10.4 Å². The van der Waals surface area contributed by atoms with Gasteiger partial charge in [0, 0.05) is 24.2 Å². The molecule has 1 heterocycles. The van der Waals surface area contributed by atoms with Crippen LogP contribution in [0.3, 0.4) is 0 Å². The molecule has 2 N–H and O–H groups in total. The molecule has 1 aromatic carbocycles. The van der Waals surface area contributed by atoms with Crippen molar-refractivity contribution < 1.29 is 4.74 Å². The normalized spacial score (nSPS) is 12.8. The lowest BCUT2D eigenvalue weighted by Crippen LogP contribution is -2.40. The summed E-state index contributed by atoms with van der Waals surface area (Å²) in [6.45, 7) is 9.95. The first-order valence-electron chi connectivity index (χ1n) is 8.72.